The number of nitrogens with one attached hydrogen (secondary N) is 1. The molecule has 2 rings (SSSR count). The Labute approximate surface area is 208 Å². The van der Waals surface area contributed by atoms with E-state index < -0.39 is 28.5 Å². The highest BCUT2D eigenvalue weighted by molar-refractivity contribution is 7.92. The number of sulfonamides is 1. The first-order valence-corrected chi connectivity index (χ1v) is 13.6. The topological polar surface area (TPSA) is 86.8 Å². The minimum absolute atomic E-state index is 0.0725. The molecule has 0 aliphatic rings. The SMILES string of the molecule is CCCNC(=O)C(C)N(Cc1ccccc1Cl)C(=O)CN(c1ccc(C(C)C)cc1)S(C)(=O)=O. The van der Waals surface area contributed by atoms with Crippen molar-refractivity contribution in [2.45, 2.75) is 52.6 Å². The monoisotopic (exact) mass is 507 g/mol. The van der Waals surface area contributed by atoms with Gasteiger partial charge in [0.25, 0.3) is 0 Å². The number of hydrogen-bond donors (Lipinski definition) is 1. The second-order valence-corrected chi connectivity index (χ2v) is 10.9. The van der Waals surface area contributed by atoms with Crippen LogP contribution in [-0.4, -0.2) is 50.5 Å². The zero-order valence-corrected chi connectivity index (χ0v) is 22.0. The van der Waals surface area contributed by atoms with Crippen molar-refractivity contribution < 1.29 is 18.0 Å². The largest absolute Gasteiger partial charge is 0.354 e. The highest BCUT2D eigenvalue weighted by Gasteiger charge is 2.30. The fraction of sp³-hybridized carbons (Fsp3) is 0.440. The molecular weight excluding hydrogens is 474 g/mol. The molecule has 0 aliphatic heterocycles. The van der Waals surface area contributed by atoms with E-state index in [2.05, 4.69) is 5.32 Å². The van der Waals surface area contributed by atoms with Crippen LogP contribution in [0.15, 0.2) is 48.5 Å². The normalized spacial score (nSPS) is 12.3. The molecule has 0 saturated heterocycles. The van der Waals surface area contributed by atoms with Crippen LogP contribution in [0, 0.1) is 0 Å². The molecule has 0 radical (unpaired) electrons. The summed E-state index contributed by atoms with van der Waals surface area (Å²) in [6, 6.07) is 13.3. The molecule has 34 heavy (non-hydrogen) atoms. The molecular formula is C25H34ClN3O4S. The van der Waals surface area contributed by atoms with Crippen molar-refractivity contribution in [1.82, 2.24) is 10.2 Å². The molecule has 2 aromatic carbocycles. The van der Waals surface area contributed by atoms with Crippen molar-refractivity contribution in [2.24, 2.45) is 0 Å². The third kappa shape index (κ3) is 7.46. The van der Waals surface area contributed by atoms with Crippen LogP contribution in [0.3, 0.4) is 0 Å². The first kappa shape index (κ1) is 27.7. The van der Waals surface area contributed by atoms with Gasteiger partial charge in [-0.05, 0) is 48.6 Å². The Hall–Kier alpha value is -2.58. The van der Waals surface area contributed by atoms with Crippen molar-refractivity contribution in [3.05, 3.63) is 64.7 Å². The molecule has 9 heteroatoms. The van der Waals surface area contributed by atoms with E-state index >= 15 is 0 Å². The Kier molecular flexibility index (Phi) is 9.94. The third-order valence-corrected chi connectivity index (χ3v) is 7.05. The maximum atomic E-state index is 13.5. The first-order chi connectivity index (χ1) is 16.0. The summed E-state index contributed by atoms with van der Waals surface area (Å²) < 4.78 is 26.3. The lowest BCUT2D eigenvalue weighted by Crippen LogP contribution is -2.51. The maximum absolute atomic E-state index is 13.5. The number of anilines is 1. The van der Waals surface area contributed by atoms with E-state index in [9.17, 15) is 18.0 Å². The van der Waals surface area contributed by atoms with Crippen LogP contribution in [0.1, 0.15) is 51.2 Å². The minimum atomic E-state index is -3.76. The van der Waals surface area contributed by atoms with Gasteiger partial charge in [0.2, 0.25) is 21.8 Å². The van der Waals surface area contributed by atoms with Gasteiger partial charge in [-0.25, -0.2) is 8.42 Å². The van der Waals surface area contributed by atoms with Crippen LogP contribution < -0.4 is 9.62 Å². The van der Waals surface area contributed by atoms with Crippen molar-refractivity contribution in [3.8, 4) is 0 Å². The average molecular weight is 508 g/mol. The van der Waals surface area contributed by atoms with Gasteiger partial charge in [0, 0.05) is 18.1 Å². The average Bonchev–Trinajstić information content (AvgIpc) is 2.79. The lowest BCUT2D eigenvalue weighted by Gasteiger charge is -2.31. The zero-order chi connectivity index (χ0) is 25.5. The van der Waals surface area contributed by atoms with E-state index in [1.165, 1.54) is 4.90 Å². The molecule has 186 valence electrons. The summed E-state index contributed by atoms with van der Waals surface area (Å²) in [5.41, 5.74) is 2.12. The first-order valence-electron chi connectivity index (χ1n) is 11.3. The molecule has 0 spiro atoms. The Morgan fingerprint density at radius 2 is 1.65 bits per heavy atom. The van der Waals surface area contributed by atoms with Crippen molar-refractivity contribution in [3.63, 3.8) is 0 Å². The van der Waals surface area contributed by atoms with E-state index in [0.717, 1.165) is 22.5 Å². The molecule has 2 aromatic rings. The second-order valence-electron chi connectivity index (χ2n) is 8.60. The number of benzene rings is 2. The van der Waals surface area contributed by atoms with Gasteiger partial charge in [-0.3, -0.25) is 13.9 Å². The van der Waals surface area contributed by atoms with E-state index in [-0.39, 0.29) is 18.4 Å². The van der Waals surface area contributed by atoms with Crippen LogP contribution >= 0.6 is 11.6 Å². The molecule has 0 saturated carbocycles. The molecule has 0 bridgehead atoms. The second kappa shape index (κ2) is 12.2. The van der Waals surface area contributed by atoms with Crippen molar-refractivity contribution >= 4 is 39.1 Å². The third-order valence-electron chi connectivity index (χ3n) is 5.54. The number of halogens is 1. The summed E-state index contributed by atoms with van der Waals surface area (Å²) in [5, 5.41) is 3.27. The lowest BCUT2D eigenvalue weighted by molar-refractivity contribution is -0.139. The van der Waals surface area contributed by atoms with Gasteiger partial charge >= 0.3 is 0 Å². The van der Waals surface area contributed by atoms with Crippen molar-refractivity contribution in [2.75, 3.05) is 23.7 Å². The van der Waals surface area contributed by atoms with Crippen LogP contribution in [0.4, 0.5) is 5.69 Å². The van der Waals surface area contributed by atoms with Crippen LogP contribution in [-0.2, 0) is 26.2 Å². The fourth-order valence-corrected chi connectivity index (χ4v) is 4.47. The fourth-order valence-electron chi connectivity index (χ4n) is 3.43. The summed E-state index contributed by atoms with van der Waals surface area (Å²) in [7, 11) is -3.76. The van der Waals surface area contributed by atoms with Gasteiger partial charge in [0.05, 0.1) is 11.9 Å². The molecule has 0 heterocycles. The molecule has 7 nitrogen and oxygen atoms in total. The molecule has 0 fully saturated rings. The predicted octanol–water partition coefficient (Wildman–Crippen LogP) is 4.17. The summed E-state index contributed by atoms with van der Waals surface area (Å²) >= 11 is 6.31. The molecule has 1 N–H and O–H groups in total. The van der Waals surface area contributed by atoms with Gasteiger partial charge in [-0.1, -0.05) is 62.7 Å². The van der Waals surface area contributed by atoms with Gasteiger partial charge < -0.3 is 10.2 Å². The Bertz CT molecular complexity index is 1090. The molecule has 2 amide bonds. The number of amides is 2. The van der Waals surface area contributed by atoms with E-state index in [1.54, 1.807) is 43.3 Å². The summed E-state index contributed by atoms with van der Waals surface area (Å²) in [6.45, 7) is 7.77. The van der Waals surface area contributed by atoms with Gasteiger partial charge in [0.15, 0.2) is 0 Å². The highest BCUT2D eigenvalue weighted by atomic mass is 35.5. The maximum Gasteiger partial charge on any atom is 0.244 e. The van der Waals surface area contributed by atoms with Crippen molar-refractivity contribution in [1.29, 1.82) is 0 Å². The van der Waals surface area contributed by atoms with E-state index in [1.807, 2.05) is 32.9 Å². The number of nitrogens with zero attached hydrogens (tertiary/aromatic N) is 2. The Balaban J connectivity index is 2.38. The quantitative estimate of drug-likeness (QED) is 0.494. The van der Waals surface area contributed by atoms with Gasteiger partial charge in [-0.15, -0.1) is 0 Å². The summed E-state index contributed by atoms with van der Waals surface area (Å²) in [6.07, 6.45) is 1.82. The van der Waals surface area contributed by atoms with Crippen LogP contribution in [0.25, 0.3) is 0 Å². The van der Waals surface area contributed by atoms with Crippen LogP contribution in [0.5, 0.6) is 0 Å². The van der Waals surface area contributed by atoms with E-state index in [4.69, 9.17) is 11.6 Å². The number of carbonyl (C=O) groups is 2. The predicted molar refractivity (Wildman–Crippen MR) is 137 cm³/mol. The highest BCUT2D eigenvalue weighted by Crippen LogP contribution is 2.23. The number of rotatable bonds is 11. The smallest absolute Gasteiger partial charge is 0.244 e. The molecule has 0 aromatic heterocycles. The van der Waals surface area contributed by atoms with Gasteiger partial charge in [0.1, 0.15) is 12.6 Å². The minimum Gasteiger partial charge on any atom is -0.354 e. The molecule has 0 aliphatic carbocycles. The van der Waals surface area contributed by atoms with E-state index in [0.29, 0.717) is 22.8 Å². The zero-order valence-electron chi connectivity index (χ0n) is 20.4. The standard InChI is InChI=1S/C25H34ClN3O4S/c1-6-15-27-25(31)19(4)28(16-21-9-7-8-10-23(21)26)24(30)17-29(34(5,32)33)22-13-11-20(12-14-22)18(2)3/h7-14,18-19H,6,15-17H2,1-5H3,(H,27,31). The Morgan fingerprint density at radius 1 is 1.03 bits per heavy atom. The molecule has 1 unspecified atom stereocenters. The molecule has 1 atom stereocenters. The number of hydrogen-bond acceptors (Lipinski definition) is 4. The lowest BCUT2D eigenvalue weighted by atomic mass is 10.0. The summed E-state index contributed by atoms with van der Waals surface area (Å²) in [4.78, 5) is 27.6. The Morgan fingerprint density at radius 3 is 2.18 bits per heavy atom. The summed E-state index contributed by atoms with van der Waals surface area (Å²) in [5.74, 6) is -0.525. The van der Waals surface area contributed by atoms with Gasteiger partial charge in [-0.2, -0.15) is 0 Å². The van der Waals surface area contributed by atoms with Crippen LogP contribution in [0.2, 0.25) is 5.02 Å². The number of carbonyl (C=O) groups excluding carboxylic acids is 2.